The van der Waals surface area contributed by atoms with Gasteiger partial charge in [-0.2, -0.15) is 0 Å². The van der Waals surface area contributed by atoms with Crippen LogP contribution < -0.4 is 0 Å². The lowest BCUT2D eigenvalue weighted by molar-refractivity contribution is -0.115. The maximum atomic E-state index is 12.5. The first kappa shape index (κ1) is 19.2. The monoisotopic (exact) mass is 355 g/mol. The van der Waals surface area contributed by atoms with E-state index < -0.39 is 0 Å². The van der Waals surface area contributed by atoms with E-state index in [9.17, 15) is 4.79 Å². The third kappa shape index (κ3) is 4.56. The molecule has 2 heterocycles. The predicted octanol–water partition coefficient (Wildman–Crippen LogP) is 5.25. The second-order valence-electron chi connectivity index (χ2n) is 7.66. The van der Waals surface area contributed by atoms with E-state index in [0.29, 0.717) is 24.9 Å². The van der Waals surface area contributed by atoms with Gasteiger partial charge in [0.05, 0.1) is 12.7 Å². The van der Waals surface area contributed by atoms with Gasteiger partial charge in [-0.25, -0.2) is 0 Å². The number of fused-ring (bicyclic) bond motifs is 1. The van der Waals surface area contributed by atoms with Crippen molar-refractivity contribution in [2.24, 2.45) is 0 Å². The van der Waals surface area contributed by atoms with Crippen LogP contribution in [0.2, 0.25) is 0 Å². The number of ether oxygens (including phenoxy) is 1. The summed E-state index contributed by atoms with van der Waals surface area (Å²) in [5.74, 6) is 0.351. The number of carbonyl (C=O) groups is 1. The number of hydrogen-bond donors (Lipinski definition) is 0. The summed E-state index contributed by atoms with van der Waals surface area (Å²) in [5, 5.41) is 0. The molecular weight excluding hydrogens is 322 g/mol. The zero-order valence-corrected chi connectivity index (χ0v) is 16.4. The van der Waals surface area contributed by atoms with Crippen LogP contribution in [0.4, 0.5) is 0 Å². The summed E-state index contributed by atoms with van der Waals surface area (Å²) in [6, 6.07) is 11.0. The van der Waals surface area contributed by atoms with Crippen molar-refractivity contribution in [2.45, 2.75) is 84.0 Å². The van der Waals surface area contributed by atoms with Crippen LogP contribution in [0.3, 0.4) is 0 Å². The third-order valence-corrected chi connectivity index (χ3v) is 5.80. The molecule has 0 unspecified atom stereocenters. The highest BCUT2D eigenvalue weighted by molar-refractivity contribution is 5.95. The van der Waals surface area contributed by atoms with Crippen LogP contribution in [0.5, 0.6) is 0 Å². The SMILES string of the molecule is CCCCCC1=C(C(=O)CC)CC[C@H]2C[C@@H](OCc3ccccc3)CN12. The van der Waals surface area contributed by atoms with Gasteiger partial charge in [0.15, 0.2) is 5.78 Å². The lowest BCUT2D eigenvalue weighted by atomic mass is 9.91. The standard InChI is InChI=1S/C23H33NO2/c1-3-5-7-12-22-21(23(25)4-2)14-13-19-15-20(16-24(19)22)26-17-18-10-8-6-9-11-18/h6,8-11,19-20H,3-5,7,12-17H2,1-2H3/t19-,20+/m0/s1. The molecule has 0 N–H and O–H groups in total. The van der Waals surface area contributed by atoms with E-state index >= 15 is 0 Å². The fraction of sp³-hybridized carbons (Fsp3) is 0.609. The number of allylic oxidation sites excluding steroid dienone is 2. The minimum atomic E-state index is 0.275. The predicted molar refractivity (Wildman–Crippen MR) is 106 cm³/mol. The minimum absolute atomic E-state index is 0.275. The van der Waals surface area contributed by atoms with Crippen molar-refractivity contribution in [3.8, 4) is 0 Å². The molecular formula is C23H33NO2. The van der Waals surface area contributed by atoms with Crippen LogP contribution in [-0.4, -0.2) is 29.4 Å². The van der Waals surface area contributed by atoms with Crippen LogP contribution in [0.15, 0.2) is 41.6 Å². The molecule has 2 atom stereocenters. The molecule has 0 bridgehead atoms. The Morgan fingerprint density at radius 1 is 1.19 bits per heavy atom. The maximum Gasteiger partial charge on any atom is 0.160 e. The van der Waals surface area contributed by atoms with E-state index in [2.05, 4.69) is 36.1 Å². The molecule has 2 aliphatic rings. The zero-order chi connectivity index (χ0) is 18.4. The Labute approximate surface area is 158 Å². The Balaban J connectivity index is 1.66. The number of unbranched alkanes of at least 4 members (excludes halogenated alkanes) is 2. The molecule has 1 aromatic carbocycles. The zero-order valence-electron chi connectivity index (χ0n) is 16.4. The number of ketones is 1. The summed E-state index contributed by atoms with van der Waals surface area (Å²) in [7, 11) is 0. The van der Waals surface area contributed by atoms with Crippen molar-refractivity contribution in [1.82, 2.24) is 4.90 Å². The summed E-state index contributed by atoms with van der Waals surface area (Å²) in [5.41, 5.74) is 3.69. The molecule has 0 spiro atoms. The molecule has 0 aromatic heterocycles. The molecule has 1 aromatic rings. The lowest BCUT2D eigenvalue weighted by Crippen LogP contribution is -2.35. The highest BCUT2D eigenvalue weighted by Gasteiger charge is 2.38. The van der Waals surface area contributed by atoms with Crippen molar-refractivity contribution < 1.29 is 9.53 Å². The molecule has 1 saturated heterocycles. The normalized spacial score (nSPS) is 22.6. The van der Waals surface area contributed by atoms with E-state index in [1.807, 2.05) is 13.0 Å². The lowest BCUT2D eigenvalue weighted by Gasteiger charge is -2.35. The molecule has 0 saturated carbocycles. The summed E-state index contributed by atoms with van der Waals surface area (Å²) in [4.78, 5) is 15.0. The van der Waals surface area contributed by atoms with E-state index in [1.54, 1.807) is 0 Å². The number of benzene rings is 1. The Kier molecular flexibility index (Phi) is 6.90. The molecule has 3 nitrogen and oxygen atoms in total. The van der Waals surface area contributed by atoms with Gasteiger partial charge >= 0.3 is 0 Å². The number of rotatable bonds is 9. The van der Waals surface area contributed by atoms with Gasteiger partial charge in [-0.15, -0.1) is 0 Å². The molecule has 0 aliphatic carbocycles. The van der Waals surface area contributed by atoms with Gasteiger partial charge in [0, 0.05) is 30.3 Å². The maximum absolute atomic E-state index is 12.5. The number of nitrogens with zero attached hydrogens (tertiary/aromatic N) is 1. The van der Waals surface area contributed by atoms with Gasteiger partial charge in [0.2, 0.25) is 0 Å². The van der Waals surface area contributed by atoms with Crippen LogP contribution in [0, 0.1) is 0 Å². The van der Waals surface area contributed by atoms with Gasteiger partial charge in [-0.05, 0) is 37.7 Å². The van der Waals surface area contributed by atoms with Crippen LogP contribution >= 0.6 is 0 Å². The molecule has 3 rings (SSSR count). The highest BCUT2D eigenvalue weighted by Crippen LogP contribution is 2.38. The molecule has 0 radical (unpaired) electrons. The summed E-state index contributed by atoms with van der Waals surface area (Å²) < 4.78 is 6.23. The smallest absolute Gasteiger partial charge is 0.160 e. The van der Waals surface area contributed by atoms with Crippen molar-refractivity contribution in [2.75, 3.05) is 6.54 Å². The van der Waals surface area contributed by atoms with Crippen molar-refractivity contribution in [1.29, 1.82) is 0 Å². The van der Waals surface area contributed by atoms with Crippen molar-refractivity contribution in [3.63, 3.8) is 0 Å². The molecule has 3 heteroatoms. The largest absolute Gasteiger partial charge is 0.372 e. The van der Waals surface area contributed by atoms with E-state index in [-0.39, 0.29) is 6.10 Å². The third-order valence-electron chi connectivity index (χ3n) is 5.80. The van der Waals surface area contributed by atoms with Crippen molar-refractivity contribution >= 4 is 5.78 Å². The first-order valence-electron chi connectivity index (χ1n) is 10.4. The van der Waals surface area contributed by atoms with Crippen LogP contribution in [0.25, 0.3) is 0 Å². The first-order valence-corrected chi connectivity index (χ1v) is 10.4. The summed E-state index contributed by atoms with van der Waals surface area (Å²) in [6.07, 6.45) is 8.75. The Hall–Kier alpha value is -1.61. The number of carbonyl (C=O) groups excluding carboxylic acids is 1. The number of Topliss-reactive ketones (excluding diaryl/α,β-unsaturated/α-hetero) is 1. The van der Waals surface area contributed by atoms with E-state index in [0.717, 1.165) is 37.8 Å². The first-order chi connectivity index (χ1) is 12.7. The van der Waals surface area contributed by atoms with E-state index in [4.69, 9.17) is 4.74 Å². The average molecular weight is 356 g/mol. The topological polar surface area (TPSA) is 29.5 Å². The quantitative estimate of drug-likeness (QED) is 0.566. The van der Waals surface area contributed by atoms with Crippen molar-refractivity contribution in [3.05, 3.63) is 47.2 Å². The van der Waals surface area contributed by atoms with Gasteiger partial charge in [0.25, 0.3) is 0 Å². The van der Waals surface area contributed by atoms with Gasteiger partial charge in [-0.3, -0.25) is 4.79 Å². The molecule has 142 valence electrons. The summed E-state index contributed by atoms with van der Waals surface area (Å²) >= 11 is 0. The molecule has 2 aliphatic heterocycles. The Morgan fingerprint density at radius 3 is 2.73 bits per heavy atom. The second-order valence-corrected chi connectivity index (χ2v) is 7.66. The summed E-state index contributed by atoms with van der Waals surface area (Å²) in [6.45, 7) is 5.85. The number of hydrogen-bond acceptors (Lipinski definition) is 3. The molecule has 1 fully saturated rings. The van der Waals surface area contributed by atoms with Gasteiger partial charge < -0.3 is 9.64 Å². The van der Waals surface area contributed by atoms with Gasteiger partial charge in [0.1, 0.15) is 0 Å². The average Bonchev–Trinajstić information content (AvgIpc) is 3.10. The minimum Gasteiger partial charge on any atom is -0.372 e. The second kappa shape index (κ2) is 9.36. The Bertz CT molecular complexity index is 622. The van der Waals surface area contributed by atoms with Crippen LogP contribution in [0.1, 0.15) is 70.8 Å². The molecule has 26 heavy (non-hydrogen) atoms. The van der Waals surface area contributed by atoms with Crippen LogP contribution in [-0.2, 0) is 16.1 Å². The van der Waals surface area contributed by atoms with E-state index in [1.165, 1.54) is 30.5 Å². The fourth-order valence-corrected chi connectivity index (χ4v) is 4.37. The van der Waals surface area contributed by atoms with Gasteiger partial charge in [-0.1, -0.05) is 57.0 Å². The highest BCUT2D eigenvalue weighted by atomic mass is 16.5. The Morgan fingerprint density at radius 2 is 2.00 bits per heavy atom. The molecule has 0 amide bonds. The fourth-order valence-electron chi connectivity index (χ4n) is 4.37.